The van der Waals surface area contributed by atoms with Gasteiger partial charge in [0.1, 0.15) is 5.75 Å². The number of aromatic amines is 1. The van der Waals surface area contributed by atoms with E-state index in [4.69, 9.17) is 0 Å². The topological polar surface area (TPSA) is 126 Å². The van der Waals surface area contributed by atoms with Gasteiger partial charge in [-0.2, -0.15) is 0 Å². The molecule has 1 heterocycles. The molecule has 2 unspecified atom stereocenters. The first-order valence-electron chi connectivity index (χ1n) is 13.8. The molecule has 37 heavy (non-hydrogen) atoms. The SMILES string of the molecule is CCCCCC(O)C=C[C@@H]1[C@@H](CC=CCCCC(=O)NC(C)c2c[nH]c3ccc(O)cc23)[C@@H](O)C[C@H]1O. The van der Waals surface area contributed by atoms with Crippen LogP contribution in [0.5, 0.6) is 5.75 Å². The molecule has 1 aliphatic rings. The molecule has 1 aromatic carbocycles. The predicted molar refractivity (Wildman–Crippen MR) is 147 cm³/mol. The van der Waals surface area contributed by atoms with Gasteiger partial charge >= 0.3 is 0 Å². The standard InChI is InChI=1S/C30H44N2O5/c1-3-4-7-10-21(33)13-15-24-23(28(35)18-29(24)36)11-8-5-6-9-12-30(37)32-20(2)26-19-31-27-16-14-22(34)17-25(26)27/h5,8,13-17,19-21,23-24,28-29,31,33-36H,3-4,6-7,9-12,18H2,1-2H3,(H,32,37)/t20?,21?,23-,24-,28+,29-/m1/s1. The first-order valence-corrected chi connectivity index (χ1v) is 13.8. The van der Waals surface area contributed by atoms with E-state index in [9.17, 15) is 25.2 Å². The molecule has 6 atom stereocenters. The van der Waals surface area contributed by atoms with Gasteiger partial charge in [0, 0.05) is 35.9 Å². The number of hydrogen-bond acceptors (Lipinski definition) is 5. The summed E-state index contributed by atoms with van der Waals surface area (Å²) in [5, 5.41) is 44.7. The minimum absolute atomic E-state index is 0.0209. The van der Waals surface area contributed by atoms with Gasteiger partial charge in [-0.25, -0.2) is 0 Å². The van der Waals surface area contributed by atoms with E-state index in [1.165, 1.54) is 0 Å². The van der Waals surface area contributed by atoms with Gasteiger partial charge in [0.05, 0.1) is 24.4 Å². The van der Waals surface area contributed by atoms with Crippen molar-refractivity contribution in [3.8, 4) is 5.75 Å². The Bertz CT molecular complexity index is 1050. The lowest BCUT2D eigenvalue weighted by atomic mass is 9.89. The first kappa shape index (κ1) is 29.0. The molecule has 7 nitrogen and oxygen atoms in total. The first-order chi connectivity index (χ1) is 17.8. The summed E-state index contributed by atoms with van der Waals surface area (Å²) in [7, 11) is 0. The fourth-order valence-electron chi connectivity index (χ4n) is 5.29. The Hall–Kier alpha value is -2.61. The van der Waals surface area contributed by atoms with Crippen LogP contribution in [0.3, 0.4) is 0 Å². The molecule has 0 bridgehead atoms. The Balaban J connectivity index is 1.40. The van der Waals surface area contributed by atoms with Crippen LogP contribution in [0.15, 0.2) is 48.7 Å². The molecule has 0 saturated heterocycles. The van der Waals surface area contributed by atoms with Gasteiger partial charge in [-0.05, 0) is 62.3 Å². The molecular formula is C30H44N2O5. The number of nitrogens with one attached hydrogen (secondary N) is 2. The van der Waals surface area contributed by atoms with Crippen molar-refractivity contribution in [2.75, 3.05) is 0 Å². The second-order valence-electron chi connectivity index (χ2n) is 10.4. The van der Waals surface area contributed by atoms with Crippen LogP contribution < -0.4 is 5.32 Å². The number of aromatic nitrogens is 1. The van der Waals surface area contributed by atoms with E-state index in [-0.39, 0.29) is 29.5 Å². The number of aliphatic hydroxyl groups excluding tert-OH is 3. The van der Waals surface area contributed by atoms with Gasteiger partial charge in [0.25, 0.3) is 0 Å². The zero-order valence-electron chi connectivity index (χ0n) is 22.1. The number of fused-ring (bicyclic) bond motifs is 1. The predicted octanol–water partition coefficient (Wildman–Crippen LogP) is 5.02. The molecule has 1 fully saturated rings. The maximum absolute atomic E-state index is 12.4. The molecule has 3 rings (SSSR count). The smallest absolute Gasteiger partial charge is 0.220 e. The molecule has 0 radical (unpaired) electrons. The minimum atomic E-state index is -0.598. The summed E-state index contributed by atoms with van der Waals surface area (Å²) in [5.74, 6) is -0.0719. The van der Waals surface area contributed by atoms with Gasteiger partial charge in [0.15, 0.2) is 0 Å². The summed E-state index contributed by atoms with van der Waals surface area (Å²) in [5.41, 5.74) is 1.85. The highest BCUT2D eigenvalue weighted by Gasteiger charge is 2.39. The van der Waals surface area contributed by atoms with Crippen molar-refractivity contribution in [3.05, 3.63) is 54.3 Å². The van der Waals surface area contributed by atoms with E-state index in [0.717, 1.165) is 48.6 Å². The minimum Gasteiger partial charge on any atom is -0.508 e. The molecule has 2 aromatic rings. The van der Waals surface area contributed by atoms with Gasteiger partial charge in [-0.3, -0.25) is 4.79 Å². The summed E-state index contributed by atoms with van der Waals surface area (Å²) in [6.07, 6.45) is 14.7. The number of rotatable bonds is 14. The van der Waals surface area contributed by atoms with Crippen LogP contribution in [0.1, 0.15) is 83.2 Å². The van der Waals surface area contributed by atoms with Crippen molar-refractivity contribution in [1.29, 1.82) is 0 Å². The highest BCUT2D eigenvalue weighted by molar-refractivity contribution is 5.86. The molecule has 1 aliphatic carbocycles. The number of unbranched alkanes of at least 4 members (excludes halogenated alkanes) is 3. The van der Waals surface area contributed by atoms with E-state index in [1.54, 1.807) is 18.2 Å². The normalized spacial score (nSPS) is 23.8. The third-order valence-electron chi connectivity index (χ3n) is 7.47. The van der Waals surface area contributed by atoms with Crippen molar-refractivity contribution in [1.82, 2.24) is 10.3 Å². The monoisotopic (exact) mass is 512 g/mol. The average molecular weight is 513 g/mol. The molecule has 1 amide bonds. The van der Waals surface area contributed by atoms with E-state index in [2.05, 4.69) is 17.2 Å². The Morgan fingerprint density at radius 3 is 2.78 bits per heavy atom. The Labute approximate surface area is 220 Å². The van der Waals surface area contributed by atoms with Crippen molar-refractivity contribution in [2.24, 2.45) is 11.8 Å². The summed E-state index contributed by atoms with van der Waals surface area (Å²) >= 11 is 0. The van der Waals surface area contributed by atoms with Crippen LogP contribution in [-0.2, 0) is 4.79 Å². The van der Waals surface area contributed by atoms with E-state index in [0.29, 0.717) is 25.7 Å². The zero-order chi connectivity index (χ0) is 26.8. The van der Waals surface area contributed by atoms with Gasteiger partial charge in [-0.1, -0.05) is 50.5 Å². The largest absolute Gasteiger partial charge is 0.508 e. The van der Waals surface area contributed by atoms with Crippen LogP contribution in [0, 0.1) is 11.8 Å². The van der Waals surface area contributed by atoms with E-state index in [1.807, 2.05) is 37.4 Å². The van der Waals surface area contributed by atoms with Crippen LogP contribution in [0.2, 0.25) is 0 Å². The van der Waals surface area contributed by atoms with Gasteiger partial charge < -0.3 is 30.7 Å². The molecule has 204 valence electrons. The second kappa shape index (κ2) is 14.4. The Kier molecular flexibility index (Phi) is 11.2. The maximum atomic E-state index is 12.4. The van der Waals surface area contributed by atoms with Gasteiger partial charge in [0.2, 0.25) is 5.91 Å². The summed E-state index contributed by atoms with van der Waals surface area (Å²) < 4.78 is 0. The molecule has 1 aromatic heterocycles. The highest BCUT2D eigenvalue weighted by atomic mass is 16.3. The van der Waals surface area contributed by atoms with Crippen molar-refractivity contribution in [3.63, 3.8) is 0 Å². The van der Waals surface area contributed by atoms with E-state index < -0.39 is 18.3 Å². The number of allylic oxidation sites excluding steroid dienone is 2. The maximum Gasteiger partial charge on any atom is 0.220 e. The third kappa shape index (κ3) is 8.45. The number of benzene rings is 1. The quantitative estimate of drug-likeness (QED) is 0.157. The Morgan fingerprint density at radius 2 is 2.00 bits per heavy atom. The van der Waals surface area contributed by atoms with Crippen molar-refractivity contribution >= 4 is 16.8 Å². The Morgan fingerprint density at radius 1 is 1.19 bits per heavy atom. The number of H-pyrrole nitrogens is 1. The number of phenolic OH excluding ortho intramolecular Hbond substituents is 1. The average Bonchev–Trinajstić information content (AvgIpc) is 3.39. The number of amides is 1. The lowest BCUT2D eigenvalue weighted by Gasteiger charge is -2.19. The number of phenols is 1. The molecule has 1 saturated carbocycles. The molecule has 6 N–H and O–H groups in total. The van der Waals surface area contributed by atoms with Crippen LogP contribution in [0.25, 0.3) is 10.9 Å². The molecule has 7 heteroatoms. The van der Waals surface area contributed by atoms with Crippen LogP contribution in [-0.4, -0.2) is 49.6 Å². The lowest BCUT2D eigenvalue weighted by Crippen LogP contribution is -2.26. The number of carbonyl (C=O) groups excluding carboxylic acids is 1. The number of aliphatic hydroxyl groups is 3. The van der Waals surface area contributed by atoms with Crippen molar-refractivity contribution in [2.45, 2.75) is 96.0 Å². The number of hydrogen-bond donors (Lipinski definition) is 6. The fourth-order valence-corrected chi connectivity index (χ4v) is 5.29. The number of aromatic hydroxyl groups is 1. The molecule has 0 aliphatic heterocycles. The van der Waals surface area contributed by atoms with Crippen LogP contribution in [0.4, 0.5) is 0 Å². The molecule has 0 spiro atoms. The van der Waals surface area contributed by atoms with Gasteiger partial charge in [-0.15, -0.1) is 0 Å². The molecular weight excluding hydrogens is 468 g/mol. The third-order valence-corrected chi connectivity index (χ3v) is 7.47. The van der Waals surface area contributed by atoms with Crippen molar-refractivity contribution < 1.29 is 25.2 Å². The fraction of sp³-hybridized carbons (Fsp3) is 0.567. The van der Waals surface area contributed by atoms with Crippen LogP contribution >= 0.6 is 0 Å². The highest BCUT2D eigenvalue weighted by Crippen LogP contribution is 2.36. The summed E-state index contributed by atoms with van der Waals surface area (Å²) in [6.45, 7) is 4.06. The van der Waals surface area contributed by atoms with E-state index >= 15 is 0 Å². The second-order valence-corrected chi connectivity index (χ2v) is 10.4. The summed E-state index contributed by atoms with van der Waals surface area (Å²) in [6, 6.07) is 4.97. The summed E-state index contributed by atoms with van der Waals surface area (Å²) in [4.78, 5) is 15.6. The zero-order valence-corrected chi connectivity index (χ0v) is 22.1. The lowest BCUT2D eigenvalue weighted by molar-refractivity contribution is -0.121. The number of carbonyl (C=O) groups is 1.